The highest BCUT2D eigenvalue weighted by Crippen LogP contribution is 2.36. The Morgan fingerprint density at radius 2 is 1.83 bits per heavy atom. The van der Waals surface area contributed by atoms with Gasteiger partial charge in [-0.05, 0) is 69.7 Å². The molecule has 1 saturated carbocycles. The van der Waals surface area contributed by atoms with E-state index >= 15 is 0 Å². The third-order valence-corrected chi connectivity index (χ3v) is 7.78. The molecule has 2 saturated heterocycles. The molecule has 3 heterocycles. The van der Waals surface area contributed by atoms with Crippen LogP contribution in [-0.2, 0) is 0 Å². The summed E-state index contributed by atoms with van der Waals surface area (Å²) in [7, 11) is 0. The molecule has 3 fully saturated rings. The molecule has 1 N–H and O–H groups in total. The second-order valence-corrected chi connectivity index (χ2v) is 9.85. The van der Waals surface area contributed by atoms with Crippen LogP contribution in [0.4, 0.5) is 0 Å². The Hall–Kier alpha value is -1.85. The van der Waals surface area contributed by atoms with E-state index in [1.807, 2.05) is 11.0 Å². The van der Waals surface area contributed by atoms with Gasteiger partial charge in [0.15, 0.2) is 0 Å². The molecule has 0 radical (unpaired) electrons. The molecule has 1 aliphatic carbocycles. The lowest BCUT2D eigenvalue weighted by Crippen LogP contribution is -2.50. The molecule has 1 aromatic carbocycles. The van der Waals surface area contributed by atoms with Crippen molar-refractivity contribution in [2.75, 3.05) is 39.3 Å². The summed E-state index contributed by atoms with van der Waals surface area (Å²) in [5.41, 5.74) is 3.37. The highest BCUT2D eigenvalue weighted by atomic mass is 16.2. The van der Waals surface area contributed by atoms with Crippen LogP contribution in [0.3, 0.4) is 0 Å². The lowest BCUT2D eigenvalue weighted by Gasteiger charge is -2.42. The first-order chi connectivity index (χ1) is 14.6. The monoisotopic (exact) mass is 408 g/mol. The number of fused-ring (bicyclic) bond motifs is 1. The second kappa shape index (κ2) is 8.35. The summed E-state index contributed by atoms with van der Waals surface area (Å²) in [6.45, 7) is 10.5. The number of nitrogens with one attached hydrogen (secondary N) is 1. The summed E-state index contributed by atoms with van der Waals surface area (Å²) in [5, 5.41) is 1.30. The number of aromatic nitrogens is 1. The lowest BCUT2D eigenvalue weighted by atomic mass is 9.85. The molecule has 2 aromatic rings. The molecule has 1 atom stereocenters. The van der Waals surface area contributed by atoms with Crippen LogP contribution >= 0.6 is 0 Å². The molecule has 5 heteroatoms. The number of piperidine rings is 1. The van der Waals surface area contributed by atoms with Crippen molar-refractivity contribution >= 4 is 16.8 Å². The van der Waals surface area contributed by atoms with Crippen LogP contribution in [0.2, 0.25) is 0 Å². The number of benzene rings is 1. The van der Waals surface area contributed by atoms with Crippen molar-refractivity contribution in [1.29, 1.82) is 0 Å². The van der Waals surface area contributed by atoms with Gasteiger partial charge in [0.2, 0.25) is 0 Å². The topological polar surface area (TPSA) is 42.6 Å². The van der Waals surface area contributed by atoms with Crippen molar-refractivity contribution in [3.05, 3.63) is 35.5 Å². The van der Waals surface area contributed by atoms with E-state index in [-0.39, 0.29) is 5.91 Å². The maximum atomic E-state index is 13.1. The van der Waals surface area contributed by atoms with Gasteiger partial charge in [-0.25, -0.2) is 0 Å². The van der Waals surface area contributed by atoms with Crippen molar-refractivity contribution in [1.82, 2.24) is 19.7 Å². The molecule has 1 aromatic heterocycles. The number of H-pyrrole nitrogens is 1. The van der Waals surface area contributed by atoms with Crippen molar-refractivity contribution in [3.8, 4) is 0 Å². The molecule has 1 amide bonds. The van der Waals surface area contributed by atoms with Gasteiger partial charge in [-0.2, -0.15) is 0 Å². The Bertz CT molecular complexity index is 892. The highest BCUT2D eigenvalue weighted by molar-refractivity contribution is 5.98. The molecule has 1 unspecified atom stereocenters. The molecule has 5 rings (SSSR count). The normalized spacial score (nSPS) is 24.5. The molecule has 3 aliphatic rings. The van der Waals surface area contributed by atoms with Gasteiger partial charge in [-0.1, -0.05) is 12.5 Å². The van der Waals surface area contributed by atoms with Gasteiger partial charge >= 0.3 is 0 Å². The van der Waals surface area contributed by atoms with Gasteiger partial charge < -0.3 is 9.88 Å². The van der Waals surface area contributed by atoms with Crippen LogP contribution in [0.5, 0.6) is 0 Å². The Balaban J connectivity index is 1.30. The quantitative estimate of drug-likeness (QED) is 0.829. The van der Waals surface area contributed by atoms with Crippen LogP contribution in [0.15, 0.2) is 24.4 Å². The zero-order valence-electron chi connectivity index (χ0n) is 18.6. The first-order valence-electron chi connectivity index (χ1n) is 12.0. The molecule has 5 nitrogen and oxygen atoms in total. The second-order valence-electron chi connectivity index (χ2n) is 9.85. The molecular formula is C25H36N4O. The predicted molar refractivity (Wildman–Crippen MR) is 122 cm³/mol. The number of hydrogen-bond donors (Lipinski definition) is 1. The van der Waals surface area contributed by atoms with E-state index in [0.717, 1.165) is 43.3 Å². The van der Waals surface area contributed by atoms with Crippen molar-refractivity contribution in [2.45, 2.75) is 64.0 Å². The number of rotatable bonds is 4. The summed E-state index contributed by atoms with van der Waals surface area (Å²) >= 11 is 0. The molecule has 2 aliphatic heterocycles. The van der Waals surface area contributed by atoms with E-state index in [0.29, 0.717) is 12.0 Å². The number of hydrogen-bond acceptors (Lipinski definition) is 3. The van der Waals surface area contributed by atoms with E-state index in [4.69, 9.17) is 0 Å². The third kappa shape index (κ3) is 3.78. The Labute approximate surface area is 180 Å². The van der Waals surface area contributed by atoms with Crippen LogP contribution in [0, 0.1) is 0 Å². The number of piperazine rings is 1. The summed E-state index contributed by atoms with van der Waals surface area (Å²) in [6.07, 6.45) is 8.95. The summed E-state index contributed by atoms with van der Waals surface area (Å²) in [5.74, 6) is 0.782. The maximum absolute atomic E-state index is 13.1. The van der Waals surface area contributed by atoms with Crippen LogP contribution in [0.25, 0.3) is 10.9 Å². The Morgan fingerprint density at radius 3 is 2.53 bits per heavy atom. The standard InChI is InChI=1S/C25H36N4O/c1-18(2)27-11-13-28(14-12-27)25(30)19-8-9-22-23(16-26-24(22)15-19)20-5-4-10-29(17-20)21-6-3-7-21/h8-9,15-16,18,20-21,26H,3-7,10-14,17H2,1-2H3. The minimum Gasteiger partial charge on any atom is -0.361 e. The van der Waals surface area contributed by atoms with E-state index in [1.54, 1.807) is 0 Å². The summed E-state index contributed by atoms with van der Waals surface area (Å²) in [4.78, 5) is 23.7. The minimum atomic E-state index is 0.172. The lowest BCUT2D eigenvalue weighted by molar-refractivity contribution is 0.0595. The van der Waals surface area contributed by atoms with E-state index in [1.165, 1.54) is 56.1 Å². The number of aromatic amines is 1. The number of likely N-dealkylation sites (tertiary alicyclic amines) is 1. The fourth-order valence-electron chi connectivity index (χ4n) is 5.59. The maximum Gasteiger partial charge on any atom is 0.254 e. The zero-order chi connectivity index (χ0) is 20.7. The number of nitrogens with zero attached hydrogens (tertiary/aromatic N) is 3. The molecule has 0 spiro atoms. The van der Waals surface area contributed by atoms with Crippen molar-refractivity contribution in [2.24, 2.45) is 0 Å². The van der Waals surface area contributed by atoms with E-state index < -0.39 is 0 Å². The summed E-state index contributed by atoms with van der Waals surface area (Å²) in [6, 6.07) is 7.68. The van der Waals surface area contributed by atoms with Gasteiger partial charge in [-0.15, -0.1) is 0 Å². The largest absolute Gasteiger partial charge is 0.361 e. The average molecular weight is 409 g/mol. The highest BCUT2D eigenvalue weighted by Gasteiger charge is 2.31. The SMILES string of the molecule is CC(C)N1CCN(C(=O)c2ccc3c(C4CCCN(C5CCC5)C4)c[nH]c3c2)CC1. The Kier molecular flexibility index (Phi) is 5.59. The van der Waals surface area contributed by atoms with Gasteiger partial charge in [0.05, 0.1) is 0 Å². The van der Waals surface area contributed by atoms with Gasteiger partial charge in [-0.3, -0.25) is 14.6 Å². The zero-order valence-corrected chi connectivity index (χ0v) is 18.6. The van der Waals surface area contributed by atoms with Gasteiger partial charge in [0, 0.05) is 67.5 Å². The third-order valence-electron chi connectivity index (χ3n) is 7.78. The number of carbonyl (C=O) groups excluding carboxylic acids is 1. The number of carbonyl (C=O) groups is 1. The fraction of sp³-hybridized carbons (Fsp3) is 0.640. The van der Waals surface area contributed by atoms with E-state index in [9.17, 15) is 4.79 Å². The first kappa shape index (κ1) is 20.1. The van der Waals surface area contributed by atoms with Crippen molar-refractivity contribution in [3.63, 3.8) is 0 Å². The fourth-order valence-corrected chi connectivity index (χ4v) is 5.59. The minimum absolute atomic E-state index is 0.172. The molecule has 0 bridgehead atoms. The van der Waals surface area contributed by atoms with Gasteiger partial charge in [0.25, 0.3) is 5.91 Å². The first-order valence-corrected chi connectivity index (χ1v) is 12.0. The van der Waals surface area contributed by atoms with Crippen LogP contribution in [0.1, 0.15) is 67.8 Å². The molecular weight excluding hydrogens is 372 g/mol. The number of amides is 1. The van der Waals surface area contributed by atoms with Gasteiger partial charge in [0.1, 0.15) is 0 Å². The molecule has 30 heavy (non-hydrogen) atoms. The smallest absolute Gasteiger partial charge is 0.254 e. The van der Waals surface area contributed by atoms with Crippen LogP contribution < -0.4 is 0 Å². The Morgan fingerprint density at radius 1 is 1.03 bits per heavy atom. The average Bonchev–Trinajstić information content (AvgIpc) is 3.15. The van der Waals surface area contributed by atoms with E-state index in [2.05, 4.69) is 47.0 Å². The molecule has 162 valence electrons. The van der Waals surface area contributed by atoms with Crippen LogP contribution in [-0.4, -0.2) is 76.9 Å². The van der Waals surface area contributed by atoms with Crippen molar-refractivity contribution < 1.29 is 4.79 Å². The predicted octanol–water partition coefficient (Wildman–Crippen LogP) is 4.07. The summed E-state index contributed by atoms with van der Waals surface area (Å²) < 4.78 is 0.